The molecule has 0 aliphatic rings. The van der Waals surface area contributed by atoms with Crippen LogP contribution in [0.5, 0.6) is 0 Å². The van der Waals surface area contributed by atoms with E-state index in [2.05, 4.69) is 39.2 Å². The molecule has 0 fully saturated rings. The lowest BCUT2D eigenvalue weighted by atomic mass is 10.1. The average molecular weight is 350 g/mol. The number of hydrogen-bond donors (Lipinski definition) is 2. The molecule has 1 aromatic carbocycles. The molecule has 104 valence electrons. The topological polar surface area (TPSA) is 50.9 Å². The first-order chi connectivity index (χ1) is 9.51. The number of rotatable bonds is 4. The van der Waals surface area contributed by atoms with Gasteiger partial charge in [-0.05, 0) is 49.2 Å². The molecule has 0 amide bonds. The molecule has 0 atom stereocenters. The monoisotopic (exact) mass is 349 g/mol. The summed E-state index contributed by atoms with van der Waals surface area (Å²) >= 11 is 8.57. The van der Waals surface area contributed by atoms with E-state index in [1.165, 1.54) is 5.56 Å². The van der Waals surface area contributed by atoms with Crippen molar-refractivity contribution in [3.05, 3.63) is 51.6 Å². The smallest absolute Gasteiger partial charge is 0.140 e. The summed E-state index contributed by atoms with van der Waals surface area (Å²) in [5.41, 5.74) is 9.66. The zero-order chi connectivity index (χ0) is 14.7. The lowest BCUT2D eigenvalue weighted by molar-refractivity contribution is 1.13. The number of nitrogens with two attached hydrogens (primary N) is 1. The van der Waals surface area contributed by atoms with Crippen LogP contribution in [0.25, 0.3) is 0 Å². The SMILES string of the molecule is CCc1cc(Br)ccc1Nc1nc(C)ccc1C(N)=S. The molecule has 3 nitrogen and oxygen atoms in total. The third kappa shape index (κ3) is 3.35. The molecule has 0 spiro atoms. The Kier molecular flexibility index (Phi) is 4.73. The van der Waals surface area contributed by atoms with Gasteiger partial charge < -0.3 is 11.1 Å². The van der Waals surface area contributed by atoms with Crippen LogP contribution < -0.4 is 11.1 Å². The highest BCUT2D eigenvalue weighted by Crippen LogP contribution is 2.26. The number of nitrogens with zero attached hydrogens (tertiary/aromatic N) is 1. The normalized spacial score (nSPS) is 10.3. The Bertz CT molecular complexity index is 656. The summed E-state index contributed by atoms with van der Waals surface area (Å²) in [7, 11) is 0. The van der Waals surface area contributed by atoms with E-state index < -0.39 is 0 Å². The lowest BCUT2D eigenvalue weighted by Gasteiger charge is -2.14. The Morgan fingerprint density at radius 1 is 1.35 bits per heavy atom. The van der Waals surface area contributed by atoms with Crippen molar-refractivity contribution in [2.45, 2.75) is 20.3 Å². The first kappa shape index (κ1) is 14.9. The van der Waals surface area contributed by atoms with E-state index >= 15 is 0 Å². The third-order valence-corrected chi connectivity index (χ3v) is 3.71. The van der Waals surface area contributed by atoms with Crippen LogP contribution in [0, 0.1) is 6.92 Å². The Labute approximate surface area is 132 Å². The van der Waals surface area contributed by atoms with Gasteiger partial charge >= 0.3 is 0 Å². The Morgan fingerprint density at radius 2 is 2.10 bits per heavy atom. The number of hydrogen-bond acceptors (Lipinski definition) is 3. The Balaban J connectivity index is 2.44. The number of anilines is 2. The quantitative estimate of drug-likeness (QED) is 0.816. The summed E-state index contributed by atoms with van der Waals surface area (Å²) in [6.45, 7) is 4.06. The second-order valence-corrected chi connectivity index (χ2v) is 5.85. The highest BCUT2D eigenvalue weighted by atomic mass is 79.9. The van der Waals surface area contributed by atoms with Gasteiger partial charge in [-0.1, -0.05) is 35.1 Å². The van der Waals surface area contributed by atoms with Crippen LogP contribution in [0.4, 0.5) is 11.5 Å². The number of pyridine rings is 1. The van der Waals surface area contributed by atoms with Crippen molar-refractivity contribution in [2.75, 3.05) is 5.32 Å². The fourth-order valence-corrected chi connectivity index (χ4v) is 2.53. The fourth-order valence-electron chi connectivity index (χ4n) is 1.96. The van der Waals surface area contributed by atoms with Crippen LogP contribution in [0.1, 0.15) is 23.7 Å². The molecular weight excluding hydrogens is 334 g/mol. The number of benzene rings is 1. The molecule has 0 radical (unpaired) electrons. The molecular formula is C15H16BrN3S. The molecule has 2 rings (SSSR count). The number of halogens is 1. The minimum atomic E-state index is 0.343. The van der Waals surface area contributed by atoms with Gasteiger partial charge in [-0.3, -0.25) is 0 Å². The largest absolute Gasteiger partial charge is 0.389 e. The number of aromatic nitrogens is 1. The van der Waals surface area contributed by atoms with E-state index in [4.69, 9.17) is 18.0 Å². The predicted octanol–water partition coefficient (Wildman–Crippen LogP) is 4.09. The van der Waals surface area contributed by atoms with Crippen molar-refractivity contribution in [3.63, 3.8) is 0 Å². The van der Waals surface area contributed by atoms with Crippen molar-refractivity contribution in [3.8, 4) is 0 Å². The predicted molar refractivity (Wildman–Crippen MR) is 91.7 cm³/mol. The van der Waals surface area contributed by atoms with E-state index in [1.54, 1.807) is 0 Å². The van der Waals surface area contributed by atoms with Crippen LogP contribution in [0.3, 0.4) is 0 Å². The molecule has 1 heterocycles. The molecule has 20 heavy (non-hydrogen) atoms. The van der Waals surface area contributed by atoms with Gasteiger partial charge in [-0.25, -0.2) is 4.98 Å². The number of aryl methyl sites for hydroxylation is 2. The van der Waals surface area contributed by atoms with Crippen LogP contribution in [-0.4, -0.2) is 9.97 Å². The van der Waals surface area contributed by atoms with E-state index in [1.807, 2.05) is 31.2 Å². The lowest BCUT2D eigenvalue weighted by Crippen LogP contribution is -2.13. The fraction of sp³-hybridized carbons (Fsp3) is 0.200. The van der Waals surface area contributed by atoms with Gasteiger partial charge in [0.2, 0.25) is 0 Å². The molecule has 0 aliphatic heterocycles. The van der Waals surface area contributed by atoms with Gasteiger partial charge in [0, 0.05) is 15.9 Å². The van der Waals surface area contributed by atoms with E-state index in [0.717, 1.165) is 27.8 Å². The van der Waals surface area contributed by atoms with Crippen molar-refractivity contribution in [2.24, 2.45) is 5.73 Å². The molecule has 3 N–H and O–H groups in total. The minimum Gasteiger partial charge on any atom is -0.389 e. The maximum atomic E-state index is 5.76. The van der Waals surface area contributed by atoms with Gasteiger partial charge in [0.15, 0.2) is 0 Å². The van der Waals surface area contributed by atoms with Crippen molar-refractivity contribution >= 4 is 44.6 Å². The van der Waals surface area contributed by atoms with Gasteiger partial charge in [-0.15, -0.1) is 0 Å². The first-order valence-corrected chi connectivity index (χ1v) is 7.54. The maximum Gasteiger partial charge on any atom is 0.140 e. The second-order valence-electron chi connectivity index (χ2n) is 4.49. The van der Waals surface area contributed by atoms with Crippen LogP contribution >= 0.6 is 28.1 Å². The molecule has 5 heteroatoms. The van der Waals surface area contributed by atoms with Crippen LogP contribution in [0.15, 0.2) is 34.8 Å². The number of thiocarbonyl (C=S) groups is 1. The van der Waals surface area contributed by atoms with Gasteiger partial charge in [0.1, 0.15) is 10.8 Å². The number of nitrogens with one attached hydrogen (secondary N) is 1. The van der Waals surface area contributed by atoms with Gasteiger partial charge in [0.05, 0.1) is 5.56 Å². The third-order valence-electron chi connectivity index (χ3n) is 3.00. The summed E-state index contributed by atoms with van der Waals surface area (Å²) < 4.78 is 1.06. The van der Waals surface area contributed by atoms with Gasteiger partial charge in [0.25, 0.3) is 0 Å². The van der Waals surface area contributed by atoms with E-state index in [9.17, 15) is 0 Å². The Morgan fingerprint density at radius 3 is 2.75 bits per heavy atom. The van der Waals surface area contributed by atoms with E-state index in [0.29, 0.717) is 10.8 Å². The zero-order valence-corrected chi connectivity index (χ0v) is 13.8. The molecule has 0 saturated heterocycles. The minimum absolute atomic E-state index is 0.343. The standard InChI is InChI=1S/C15H16BrN3S/c1-3-10-8-11(16)5-7-13(10)19-15-12(14(17)20)6-4-9(2)18-15/h4-8H,3H2,1-2H3,(H2,17,20)(H,18,19). The second kappa shape index (κ2) is 6.33. The molecule has 0 saturated carbocycles. The molecule has 1 aromatic heterocycles. The van der Waals surface area contributed by atoms with E-state index in [-0.39, 0.29) is 0 Å². The summed E-state index contributed by atoms with van der Waals surface area (Å²) in [6, 6.07) is 9.92. The maximum absolute atomic E-state index is 5.76. The highest BCUT2D eigenvalue weighted by Gasteiger charge is 2.09. The summed E-state index contributed by atoms with van der Waals surface area (Å²) in [6.07, 6.45) is 0.927. The summed E-state index contributed by atoms with van der Waals surface area (Å²) in [5.74, 6) is 0.703. The van der Waals surface area contributed by atoms with Crippen molar-refractivity contribution < 1.29 is 0 Å². The highest BCUT2D eigenvalue weighted by molar-refractivity contribution is 9.10. The Hall–Kier alpha value is -1.46. The molecule has 0 unspecified atom stereocenters. The zero-order valence-electron chi connectivity index (χ0n) is 11.4. The average Bonchev–Trinajstić information content (AvgIpc) is 2.40. The van der Waals surface area contributed by atoms with Crippen LogP contribution in [-0.2, 0) is 6.42 Å². The molecule has 0 aliphatic carbocycles. The summed E-state index contributed by atoms with van der Waals surface area (Å²) in [4.78, 5) is 4.84. The van der Waals surface area contributed by atoms with Crippen molar-refractivity contribution in [1.82, 2.24) is 4.98 Å². The van der Waals surface area contributed by atoms with Crippen LogP contribution in [0.2, 0.25) is 0 Å². The molecule has 0 bridgehead atoms. The molecule has 2 aromatic rings. The van der Waals surface area contributed by atoms with Crippen molar-refractivity contribution in [1.29, 1.82) is 0 Å². The first-order valence-electron chi connectivity index (χ1n) is 6.34. The summed E-state index contributed by atoms with van der Waals surface area (Å²) in [5, 5.41) is 3.34. The van der Waals surface area contributed by atoms with Gasteiger partial charge in [-0.2, -0.15) is 0 Å².